The number of anilines is 1. The van der Waals surface area contributed by atoms with E-state index in [-0.39, 0.29) is 12.5 Å². The van der Waals surface area contributed by atoms with Gasteiger partial charge in [0, 0.05) is 18.1 Å². The Kier molecular flexibility index (Phi) is 9.31. The lowest BCUT2D eigenvalue weighted by Crippen LogP contribution is -2.51. The fraction of sp³-hybridized carbons (Fsp3) is 0.417. The molecule has 0 aliphatic carbocycles. The van der Waals surface area contributed by atoms with Crippen LogP contribution >= 0.6 is 11.6 Å². The average molecular weight is 494 g/mol. The lowest BCUT2D eigenvalue weighted by molar-refractivity contribution is -0.139. The van der Waals surface area contributed by atoms with E-state index in [1.807, 2.05) is 45.0 Å². The maximum absolute atomic E-state index is 13.4. The molecule has 180 valence electrons. The van der Waals surface area contributed by atoms with Crippen LogP contribution in [0.25, 0.3) is 0 Å². The normalized spacial score (nSPS) is 12.2. The number of carbonyl (C=O) groups excluding carboxylic acids is 2. The minimum Gasteiger partial charge on any atom is -0.354 e. The molecular formula is C24H32ClN3O4S. The van der Waals surface area contributed by atoms with Crippen LogP contribution in [0.15, 0.2) is 42.5 Å². The monoisotopic (exact) mass is 493 g/mol. The second-order valence-electron chi connectivity index (χ2n) is 8.18. The summed E-state index contributed by atoms with van der Waals surface area (Å²) >= 11 is 6.20. The summed E-state index contributed by atoms with van der Waals surface area (Å²) in [7, 11) is -3.79. The van der Waals surface area contributed by atoms with Gasteiger partial charge < -0.3 is 10.2 Å². The SMILES string of the molecule is CCCNC(=O)[C@H](C)N(Cc1ccc(C)cc1)C(=O)CN(c1ccc(C)c(Cl)c1)S(C)(=O)=O. The number of carbonyl (C=O) groups is 2. The standard InChI is InChI=1S/C24H32ClN3O4S/c1-6-13-26-24(30)19(4)27(15-20-10-7-17(2)8-11-20)23(29)16-28(33(5,31)32)21-12-9-18(3)22(25)14-21/h7-12,14,19H,6,13,15-16H2,1-5H3,(H,26,30)/t19-/m0/s1. The molecular weight excluding hydrogens is 462 g/mol. The van der Waals surface area contributed by atoms with Crippen molar-refractivity contribution in [2.75, 3.05) is 23.7 Å². The fourth-order valence-electron chi connectivity index (χ4n) is 3.22. The van der Waals surface area contributed by atoms with Crippen molar-refractivity contribution in [1.29, 1.82) is 0 Å². The van der Waals surface area contributed by atoms with Gasteiger partial charge in [-0.25, -0.2) is 8.42 Å². The number of aryl methyl sites for hydroxylation is 2. The van der Waals surface area contributed by atoms with Gasteiger partial charge in [-0.3, -0.25) is 13.9 Å². The van der Waals surface area contributed by atoms with E-state index >= 15 is 0 Å². The van der Waals surface area contributed by atoms with Crippen LogP contribution in [0.5, 0.6) is 0 Å². The van der Waals surface area contributed by atoms with E-state index in [0.717, 1.165) is 33.7 Å². The highest BCUT2D eigenvalue weighted by Gasteiger charge is 2.30. The lowest BCUT2D eigenvalue weighted by atomic mass is 10.1. The van der Waals surface area contributed by atoms with Gasteiger partial charge in [0.2, 0.25) is 21.8 Å². The Morgan fingerprint density at radius 1 is 1.09 bits per heavy atom. The van der Waals surface area contributed by atoms with Gasteiger partial charge >= 0.3 is 0 Å². The molecule has 2 amide bonds. The third kappa shape index (κ3) is 7.47. The summed E-state index contributed by atoms with van der Waals surface area (Å²) in [5.74, 6) is -0.779. The van der Waals surface area contributed by atoms with Crippen molar-refractivity contribution in [2.24, 2.45) is 0 Å². The minimum absolute atomic E-state index is 0.173. The summed E-state index contributed by atoms with van der Waals surface area (Å²) in [6, 6.07) is 11.7. The summed E-state index contributed by atoms with van der Waals surface area (Å²) in [6.07, 6.45) is 1.80. The summed E-state index contributed by atoms with van der Waals surface area (Å²) in [6.45, 7) is 7.57. The molecule has 1 N–H and O–H groups in total. The summed E-state index contributed by atoms with van der Waals surface area (Å²) in [5.41, 5.74) is 3.00. The highest BCUT2D eigenvalue weighted by atomic mass is 35.5. The molecule has 0 aliphatic heterocycles. The first kappa shape index (κ1) is 26.7. The average Bonchev–Trinajstić information content (AvgIpc) is 2.76. The number of halogens is 1. The van der Waals surface area contributed by atoms with E-state index in [0.29, 0.717) is 17.3 Å². The van der Waals surface area contributed by atoms with Crippen LogP contribution in [0, 0.1) is 13.8 Å². The molecule has 0 aliphatic rings. The molecule has 0 bridgehead atoms. The Hall–Kier alpha value is -2.58. The van der Waals surface area contributed by atoms with Crippen molar-refractivity contribution in [3.8, 4) is 0 Å². The summed E-state index contributed by atoms with van der Waals surface area (Å²) in [5, 5.41) is 3.21. The molecule has 0 radical (unpaired) electrons. The van der Waals surface area contributed by atoms with Gasteiger partial charge in [-0.15, -0.1) is 0 Å². The van der Waals surface area contributed by atoms with Crippen LogP contribution in [-0.2, 0) is 26.2 Å². The number of nitrogens with zero attached hydrogens (tertiary/aromatic N) is 2. The van der Waals surface area contributed by atoms with Gasteiger partial charge in [-0.05, 0) is 50.5 Å². The predicted molar refractivity (Wildman–Crippen MR) is 133 cm³/mol. The quantitative estimate of drug-likeness (QED) is 0.547. The molecule has 0 fully saturated rings. The van der Waals surface area contributed by atoms with Crippen LogP contribution in [0.2, 0.25) is 5.02 Å². The van der Waals surface area contributed by atoms with Crippen molar-refractivity contribution in [1.82, 2.24) is 10.2 Å². The number of nitrogens with one attached hydrogen (secondary N) is 1. The molecule has 0 unspecified atom stereocenters. The number of rotatable bonds is 10. The largest absolute Gasteiger partial charge is 0.354 e. The Balaban J connectivity index is 2.38. The Bertz CT molecular complexity index is 1090. The van der Waals surface area contributed by atoms with Gasteiger partial charge in [0.15, 0.2) is 0 Å². The first-order valence-electron chi connectivity index (χ1n) is 10.8. The molecule has 7 nitrogen and oxygen atoms in total. The Labute approximate surface area is 201 Å². The first-order valence-corrected chi connectivity index (χ1v) is 13.0. The third-order valence-electron chi connectivity index (χ3n) is 5.31. The highest BCUT2D eigenvalue weighted by Crippen LogP contribution is 2.25. The van der Waals surface area contributed by atoms with Crippen LogP contribution in [-0.4, -0.2) is 50.5 Å². The number of benzene rings is 2. The Morgan fingerprint density at radius 3 is 2.27 bits per heavy atom. The van der Waals surface area contributed by atoms with E-state index < -0.39 is 28.5 Å². The maximum Gasteiger partial charge on any atom is 0.244 e. The molecule has 0 heterocycles. The predicted octanol–water partition coefficient (Wildman–Crippen LogP) is 3.67. The van der Waals surface area contributed by atoms with Gasteiger partial charge in [0.1, 0.15) is 12.6 Å². The maximum atomic E-state index is 13.4. The van der Waals surface area contributed by atoms with Crippen molar-refractivity contribution in [3.05, 3.63) is 64.2 Å². The van der Waals surface area contributed by atoms with E-state index in [1.165, 1.54) is 11.0 Å². The molecule has 1 atom stereocenters. The zero-order chi connectivity index (χ0) is 24.8. The minimum atomic E-state index is -3.79. The van der Waals surface area contributed by atoms with Crippen LogP contribution < -0.4 is 9.62 Å². The highest BCUT2D eigenvalue weighted by molar-refractivity contribution is 7.92. The van der Waals surface area contributed by atoms with Crippen LogP contribution in [0.4, 0.5) is 5.69 Å². The summed E-state index contributed by atoms with van der Waals surface area (Å²) < 4.78 is 26.1. The second kappa shape index (κ2) is 11.5. The van der Waals surface area contributed by atoms with Crippen LogP contribution in [0.3, 0.4) is 0 Å². The molecule has 2 rings (SSSR count). The van der Waals surface area contributed by atoms with E-state index in [2.05, 4.69) is 5.32 Å². The zero-order valence-corrected chi connectivity index (χ0v) is 21.3. The van der Waals surface area contributed by atoms with Gasteiger partial charge in [-0.1, -0.05) is 54.4 Å². The Morgan fingerprint density at radius 2 is 1.73 bits per heavy atom. The first-order chi connectivity index (χ1) is 15.4. The van der Waals surface area contributed by atoms with Gasteiger partial charge in [0.05, 0.1) is 11.9 Å². The van der Waals surface area contributed by atoms with Crippen molar-refractivity contribution < 1.29 is 18.0 Å². The molecule has 0 saturated carbocycles. The lowest BCUT2D eigenvalue weighted by Gasteiger charge is -2.31. The van der Waals surface area contributed by atoms with E-state index in [4.69, 9.17) is 11.6 Å². The zero-order valence-electron chi connectivity index (χ0n) is 19.8. The second-order valence-corrected chi connectivity index (χ2v) is 10.5. The molecule has 9 heteroatoms. The van der Waals surface area contributed by atoms with Gasteiger partial charge in [0.25, 0.3) is 0 Å². The van der Waals surface area contributed by atoms with Crippen LogP contribution in [0.1, 0.15) is 37.0 Å². The van der Waals surface area contributed by atoms with Crippen molar-refractivity contribution >= 4 is 39.1 Å². The fourth-order valence-corrected chi connectivity index (χ4v) is 4.24. The summed E-state index contributed by atoms with van der Waals surface area (Å²) in [4.78, 5) is 27.5. The molecule has 0 saturated heterocycles. The van der Waals surface area contributed by atoms with Crippen molar-refractivity contribution in [2.45, 2.75) is 46.7 Å². The van der Waals surface area contributed by atoms with E-state index in [9.17, 15) is 18.0 Å². The number of hydrogen-bond acceptors (Lipinski definition) is 4. The number of sulfonamides is 1. The third-order valence-corrected chi connectivity index (χ3v) is 6.86. The molecule has 2 aromatic carbocycles. The molecule has 2 aromatic rings. The molecule has 0 spiro atoms. The smallest absolute Gasteiger partial charge is 0.244 e. The molecule has 33 heavy (non-hydrogen) atoms. The topological polar surface area (TPSA) is 86.8 Å². The molecule has 0 aromatic heterocycles. The number of amides is 2. The van der Waals surface area contributed by atoms with E-state index in [1.54, 1.807) is 19.1 Å². The van der Waals surface area contributed by atoms with Crippen molar-refractivity contribution in [3.63, 3.8) is 0 Å². The van der Waals surface area contributed by atoms with Gasteiger partial charge in [-0.2, -0.15) is 0 Å². The number of hydrogen-bond donors (Lipinski definition) is 1.